The van der Waals surface area contributed by atoms with Crippen LogP contribution in [-0.2, 0) is 17.6 Å². The molecule has 0 spiro atoms. The van der Waals surface area contributed by atoms with Gasteiger partial charge in [0.05, 0.1) is 5.39 Å². The number of rotatable bonds is 7. The molecule has 166 valence electrons. The molecule has 32 heavy (non-hydrogen) atoms. The van der Waals surface area contributed by atoms with Crippen LogP contribution in [0.3, 0.4) is 0 Å². The Kier molecular flexibility index (Phi) is 6.08. The highest BCUT2D eigenvalue weighted by atomic mass is 32.1. The number of nitrogens with one attached hydrogen (secondary N) is 1. The number of aromatic amines is 1. The van der Waals surface area contributed by atoms with E-state index in [1.807, 2.05) is 4.90 Å². The second-order valence-corrected chi connectivity index (χ2v) is 9.53. The first-order valence-corrected chi connectivity index (χ1v) is 12.4. The predicted molar refractivity (Wildman–Crippen MR) is 131 cm³/mol. The number of piperazine rings is 1. The van der Waals surface area contributed by atoms with Crippen molar-refractivity contribution < 1.29 is 4.79 Å². The van der Waals surface area contributed by atoms with Gasteiger partial charge in [0.25, 0.3) is 0 Å². The molecule has 1 fully saturated rings. The van der Waals surface area contributed by atoms with Gasteiger partial charge in [0.15, 0.2) is 0 Å². The summed E-state index contributed by atoms with van der Waals surface area (Å²) >= 11 is 1.75. The molecule has 4 heterocycles. The molecule has 1 amide bonds. The maximum atomic E-state index is 12.7. The topological polar surface area (TPSA) is 65.1 Å². The van der Waals surface area contributed by atoms with Crippen LogP contribution in [0.15, 0.2) is 42.9 Å². The lowest BCUT2D eigenvalue weighted by atomic mass is 10.1. The standard InChI is InChI=1S/C25H29N5OS/c1-2-19-15-21-24(27-17-28-25(21)32-19)30-13-11-29(12-14-30)23(31)10-6-3-7-18-16-26-22-9-5-4-8-20(18)22/h4-5,8-9,15-17,26H,2-3,6-7,10-14H2,1H3. The molecular weight excluding hydrogens is 418 g/mol. The Morgan fingerprint density at radius 3 is 2.78 bits per heavy atom. The van der Waals surface area contributed by atoms with E-state index in [9.17, 15) is 4.79 Å². The Balaban J connectivity index is 1.11. The highest BCUT2D eigenvalue weighted by Gasteiger charge is 2.23. The van der Waals surface area contributed by atoms with Gasteiger partial charge in [-0.05, 0) is 43.4 Å². The number of thiophene rings is 1. The third-order valence-corrected chi connectivity index (χ3v) is 7.59. The molecule has 7 heteroatoms. The summed E-state index contributed by atoms with van der Waals surface area (Å²) in [6.45, 7) is 5.34. The van der Waals surface area contributed by atoms with Crippen LogP contribution < -0.4 is 4.90 Å². The largest absolute Gasteiger partial charge is 0.361 e. The summed E-state index contributed by atoms with van der Waals surface area (Å²) in [5, 5.41) is 2.44. The first-order chi connectivity index (χ1) is 15.7. The van der Waals surface area contributed by atoms with Gasteiger partial charge in [0.1, 0.15) is 17.0 Å². The SMILES string of the molecule is CCc1cc2c(N3CCN(C(=O)CCCCc4c[nH]c5ccccc45)CC3)ncnc2s1. The number of carbonyl (C=O) groups is 1. The lowest BCUT2D eigenvalue weighted by Crippen LogP contribution is -2.49. The Hall–Kier alpha value is -2.93. The first-order valence-electron chi connectivity index (χ1n) is 11.5. The number of anilines is 1. The zero-order valence-corrected chi connectivity index (χ0v) is 19.3. The van der Waals surface area contributed by atoms with E-state index in [-0.39, 0.29) is 5.91 Å². The van der Waals surface area contributed by atoms with Crippen LogP contribution in [0.1, 0.15) is 36.6 Å². The van der Waals surface area contributed by atoms with Crippen molar-refractivity contribution >= 4 is 44.2 Å². The maximum Gasteiger partial charge on any atom is 0.222 e. The minimum Gasteiger partial charge on any atom is -0.361 e. The molecule has 1 N–H and O–H groups in total. The van der Waals surface area contributed by atoms with Gasteiger partial charge in [-0.2, -0.15) is 0 Å². The van der Waals surface area contributed by atoms with E-state index in [0.29, 0.717) is 6.42 Å². The van der Waals surface area contributed by atoms with E-state index in [0.717, 1.165) is 67.9 Å². The summed E-state index contributed by atoms with van der Waals surface area (Å²) in [6.07, 6.45) is 8.39. The van der Waals surface area contributed by atoms with Crippen molar-refractivity contribution in [1.82, 2.24) is 19.9 Å². The third kappa shape index (κ3) is 4.21. The van der Waals surface area contributed by atoms with Crippen molar-refractivity contribution in [3.63, 3.8) is 0 Å². The normalized spacial score (nSPS) is 14.5. The Labute approximate surface area is 192 Å². The number of carbonyl (C=O) groups excluding carboxylic acids is 1. The molecule has 0 unspecified atom stereocenters. The molecule has 3 aromatic heterocycles. The molecule has 0 saturated carbocycles. The van der Waals surface area contributed by atoms with E-state index in [2.05, 4.69) is 63.3 Å². The van der Waals surface area contributed by atoms with Crippen LogP contribution in [0, 0.1) is 0 Å². The molecule has 6 nitrogen and oxygen atoms in total. The fraction of sp³-hybridized carbons (Fsp3) is 0.400. The number of hydrogen-bond acceptors (Lipinski definition) is 5. The number of benzene rings is 1. The first kappa shape index (κ1) is 20.9. The van der Waals surface area contributed by atoms with Crippen LogP contribution in [0.4, 0.5) is 5.82 Å². The number of H-pyrrole nitrogens is 1. The Bertz CT molecular complexity index is 1220. The second-order valence-electron chi connectivity index (χ2n) is 8.42. The second kappa shape index (κ2) is 9.28. The highest BCUT2D eigenvalue weighted by molar-refractivity contribution is 7.18. The average molecular weight is 448 g/mol. The van der Waals surface area contributed by atoms with Crippen molar-refractivity contribution in [2.24, 2.45) is 0 Å². The third-order valence-electron chi connectivity index (χ3n) is 6.40. The maximum absolute atomic E-state index is 12.7. The van der Waals surface area contributed by atoms with Crippen molar-refractivity contribution in [1.29, 1.82) is 0 Å². The minimum atomic E-state index is 0.278. The van der Waals surface area contributed by atoms with E-state index in [4.69, 9.17) is 0 Å². The summed E-state index contributed by atoms with van der Waals surface area (Å²) in [5.41, 5.74) is 2.53. The van der Waals surface area contributed by atoms with Crippen LogP contribution in [0.5, 0.6) is 0 Å². The fourth-order valence-electron chi connectivity index (χ4n) is 4.58. The molecule has 0 bridgehead atoms. The zero-order valence-electron chi connectivity index (χ0n) is 18.5. The quantitative estimate of drug-likeness (QED) is 0.414. The Morgan fingerprint density at radius 2 is 1.94 bits per heavy atom. The van der Waals surface area contributed by atoms with E-state index in [1.54, 1.807) is 17.7 Å². The minimum absolute atomic E-state index is 0.278. The van der Waals surface area contributed by atoms with Gasteiger partial charge in [-0.25, -0.2) is 9.97 Å². The fourth-order valence-corrected chi connectivity index (χ4v) is 5.50. The lowest BCUT2D eigenvalue weighted by molar-refractivity contribution is -0.131. The summed E-state index contributed by atoms with van der Waals surface area (Å²) in [4.78, 5) is 31.8. The number of aromatic nitrogens is 3. The van der Waals surface area contributed by atoms with Crippen molar-refractivity contribution in [2.45, 2.75) is 39.0 Å². The van der Waals surface area contributed by atoms with Gasteiger partial charge in [0, 0.05) is 54.6 Å². The molecule has 4 aromatic rings. The molecule has 1 aliphatic heterocycles. The summed E-state index contributed by atoms with van der Waals surface area (Å²) in [7, 11) is 0. The van der Waals surface area contributed by atoms with Crippen LogP contribution in [0.2, 0.25) is 0 Å². The molecule has 0 atom stereocenters. The molecule has 0 radical (unpaired) electrons. The number of aryl methyl sites for hydroxylation is 2. The van der Waals surface area contributed by atoms with Crippen LogP contribution in [-0.4, -0.2) is 51.9 Å². The average Bonchev–Trinajstić information content (AvgIpc) is 3.45. The predicted octanol–water partition coefficient (Wildman–Crippen LogP) is 4.80. The number of fused-ring (bicyclic) bond motifs is 2. The van der Waals surface area contributed by atoms with Gasteiger partial charge in [-0.3, -0.25) is 4.79 Å². The van der Waals surface area contributed by atoms with Gasteiger partial charge >= 0.3 is 0 Å². The molecule has 1 saturated heterocycles. The lowest BCUT2D eigenvalue weighted by Gasteiger charge is -2.35. The van der Waals surface area contributed by atoms with Crippen molar-refractivity contribution in [2.75, 3.05) is 31.1 Å². The number of amides is 1. The number of hydrogen-bond donors (Lipinski definition) is 1. The summed E-state index contributed by atoms with van der Waals surface area (Å²) in [5.74, 6) is 1.29. The molecule has 1 aliphatic rings. The van der Waals surface area contributed by atoms with Crippen LogP contribution >= 0.6 is 11.3 Å². The van der Waals surface area contributed by atoms with Gasteiger partial charge in [-0.1, -0.05) is 25.1 Å². The van der Waals surface area contributed by atoms with Gasteiger partial charge in [0.2, 0.25) is 5.91 Å². The van der Waals surface area contributed by atoms with Crippen LogP contribution in [0.25, 0.3) is 21.1 Å². The van der Waals surface area contributed by atoms with Crippen molar-refractivity contribution in [3.05, 3.63) is 53.3 Å². The van der Waals surface area contributed by atoms with E-state index in [1.165, 1.54) is 21.3 Å². The van der Waals surface area contributed by atoms with Gasteiger partial charge < -0.3 is 14.8 Å². The molecule has 0 aliphatic carbocycles. The molecular formula is C25H29N5OS. The van der Waals surface area contributed by atoms with Crippen molar-refractivity contribution in [3.8, 4) is 0 Å². The summed E-state index contributed by atoms with van der Waals surface area (Å²) < 4.78 is 0. The summed E-state index contributed by atoms with van der Waals surface area (Å²) in [6, 6.07) is 10.6. The smallest absolute Gasteiger partial charge is 0.222 e. The number of unbranched alkanes of at least 4 members (excludes halogenated alkanes) is 1. The molecule has 5 rings (SSSR count). The van der Waals surface area contributed by atoms with E-state index < -0.39 is 0 Å². The molecule has 1 aromatic carbocycles. The number of para-hydroxylation sites is 1. The van der Waals surface area contributed by atoms with E-state index >= 15 is 0 Å². The zero-order chi connectivity index (χ0) is 21.9. The number of nitrogens with zero attached hydrogens (tertiary/aromatic N) is 4. The van der Waals surface area contributed by atoms with Gasteiger partial charge in [-0.15, -0.1) is 11.3 Å². The highest BCUT2D eigenvalue weighted by Crippen LogP contribution is 2.31. The monoisotopic (exact) mass is 447 g/mol. The Morgan fingerprint density at radius 1 is 1.09 bits per heavy atom.